The van der Waals surface area contributed by atoms with E-state index in [0.29, 0.717) is 23.3 Å². The summed E-state index contributed by atoms with van der Waals surface area (Å²) in [6, 6.07) is 12.3. The van der Waals surface area contributed by atoms with Crippen LogP contribution < -0.4 is 9.46 Å². The first kappa shape index (κ1) is 29.3. The van der Waals surface area contributed by atoms with E-state index >= 15 is 0 Å². The summed E-state index contributed by atoms with van der Waals surface area (Å²) in [6.45, 7) is 10.4. The van der Waals surface area contributed by atoms with Crippen molar-refractivity contribution in [3.05, 3.63) is 58.5 Å². The number of ketones is 1. The van der Waals surface area contributed by atoms with Gasteiger partial charge in [0.1, 0.15) is 5.75 Å². The second kappa shape index (κ2) is 14.0. The summed E-state index contributed by atoms with van der Waals surface area (Å²) < 4.78 is 34.7. The van der Waals surface area contributed by atoms with Crippen molar-refractivity contribution in [3.63, 3.8) is 0 Å². The van der Waals surface area contributed by atoms with E-state index in [0.717, 1.165) is 42.1 Å². The lowest BCUT2D eigenvalue weighted by molar-refractivity contribution is 0.103. The number of hydrogen-bond acceptors (Lipinski definition) is 6. The van der Waals surface area contributed by atoms with Crippen LogP contribution in [0.5, 0.6) is 5.75 Å². The van der Waals surface area contributed by atoms with Gasteiger partial charge >= 0.3 is 0 Å². The number of aryl methyl sites for hydroxylation is 1. The molecule has 0 unspecified atom stereocenters. The standard InChI is InChI=1S/C29H40N2O4S2/c1-5-8-17-31(18-9-6-2)19-10-20-35-23-13-11-22(12-14-23)29(32)28-25-21-24(7-3)36-26(25)15-16-27(28)37(33,34)30-4/h11-16,21,30H,5-10,17-20H2,1-4H3. The molecule has 8 heteroatoms. The van der Waals surface area contributed by atoms with Crippen LogP contribution in [0.3, 0.4) is 0 Å². The molecule has 1 N–H and O–H groups in total. The van der Waals surface area contributed by atoms with E-state index in [1.54, 1.807) is 41.7 Å². The molecule has 1 aromatic heterocycles. The van der Waals surface area contributed by atoms with Crippen LogP contribution in [0.15, 0.2) is 47.4 Å². The Bertz CT molecular complexity index is 1260. The van der Waals surface area contributed by atoms with Gasteiger partial charge in [0.25, 0.3) is 0 Å². The molecule has 0 aliphatic rings. The molecule has 0 saturated heterocycles. The second-order valence-electron chi connectivity index (χ2n) is 9.23. The average molecular weight is 545 g/mol. The minimum atomic E-state index is -3.81. The van der Waals surface area contributed by atoms with E-state index in [1.807, 2.05) is 13.0 Å². The smallest absolute Gasteiger partial charge is 0.241 e. The first-order chi connectivity index (χ1) is 17.8. The van der Waals surface area contributed by atoms with Gasteiger partial charge in [0, 0.05) is 27.1 Å². The molecule has 6 nitrogen and oxygen atoms in total. The molecule has 1 heterocycles. The summed E-state index contributed by atoms with van der Waals surface area (Å²) in [5.41, 5.74) is 0.651. The Hall–Kier alpha value is -2.26. The van der Waals surface area contributed by atoms with Crippen LogP contribution in [0.25, 0.3) is 10.1 Å². The van der Waals surface area contributed by atoms with Crippen LogP contribution in [0.2, 0.25) is 0 Å². The van der Waals surface area contributed by atoms with Crippen molar-refractivity contribution in [1.82, 2.24) is 9.62 Å². The van der Waals surface area contributed by atoms with E-state index in [2.05, 4.69) is 23.5 Å². The Balaban J connectivity index is 1.73. The molecule has 0 spiro atoms. The van der Waals surface area contributed by atoms with Crippen molar-refractivity contribution in [2.75, 3.05) is 33.3 Å². The van der Waals surface area contributed by atoms with Gasteiger partial charge in [-0.2, -0.15) is 0 Å². The number of ether oxygens (including phenoxy) is 1. The molecule has 0 aliphatic carbocycles. The highest BCUT2D eigenvalue weighted by atomic mass is 32.2. The molecule has 202 valence electrons. The maximum Gasteiger partial charge on any atom is 0.241 e. The van der Waals surface area contributed by atoms with Crippen LogP contribution in [-0.4, -0.2) is 52.4 Å². The van der Waals surface area contributed by atoms with E-state index < -0.39 is 10.0 Å². The van der Waals surface area contributed by atoms with Gasteiger partial charge in [0.15, 0.2) is 5.78 Å². The summed E-state index contributed by atoms with van der Waals surface area (Å²) in [5.74, 6) is 0.393. The van der Waals surface area contributed by atoms with Crippen molar-refractivity contribution in [3.8, 4) is 5.75 Å². The Labute approximate surface area is 226 Å². The zero-order valence-electron chi connectivity index (χ0n) is 22.5. The number of carbonyl (C=O) groups is 1. The third kappa shape index (κ3) is 7.63. The van der Waals surface area contributed by atoms with Crippen LogP contribution in [0, 0.1) is 0 Å². The quantitative estimate of drug-likeness (QED) is 0.170. The highest BCUT2D eigenvalue weighted by Crippen LogP contribution is 2.34. The van der Waals surface area contributed by atoms with E-state index in [4.69, 9.17) is 4.74 Å². The Morgan fingerprint density at radius 3 is 2.19 bits per heavy atom. The minimum absolute atomic E-state index is 0.00368. The van der Waals surface area contributed by atoms with Gasteiger partial charge in [-0.3, -0.25) is 4.79 Å². The number of fused-ring (bicyclic) bond motifs is 1. The Morgan fingerprint density at radius 1 is 0.946 bits per heavy atom. The molecule has 0 saturated carbocycles. The third-order valence-corrected chi connectivity index (χ3v) is 9.21. The highest BCUT2D eigenvalue weighted by molar-refractivity contribution is 7.89. The molecule has 2 aromatic carbocycles. The van der Waals surface area contributed by atoms with Crippen LogP contribution in [0.1, 0.15) is 73.7 Å². The summed E-state index contributed by atoms with van der Waals surface area (Å²) in [7, 11) is -2.45. The number of hydrogen-bond donors (Lipinski definition) is 1. The van der Waals surface area contributed by atoms with Gasteiger partial charge in [-0.1, -0.05) is 33.6 Å². The van der Waals surface area contributed by atoms with Crippen molar-refractivity contribution in [2.24, 2.45) is 0 Å². The summed E-state index contributed by atoms with van der Waals surface area (Å²) in [5, 5.41) is 0.680. The van der Waals surface area contributed by atoms with E-state index in [9.17, 15) is 13.2 Å². The zero-order chi connectivity index (χ0) is 26.8. The Kier molecular flexibility index (Phi) is 11.1. The van der Waals surface area contributed by atoms with Gasteiger partial charge in [0.05, 0.1) is 17.1 Å². The van der Waals surface area contributed by atoms with Crippen molar-refractivity contribution < 1.29 is 17.9 Å². The largest absolute Gasteiger partial charge is 0.494 e. The SMILES string of the molecule is CCCCN(CCCC)CCCOc1ccc(C(=O)c2c(S(=O)(=O)NC)ccc3sc(CC)cc23)cc1. The Morgan fingerprint density at radius 2 is 1.59 bits per heavy atom. The predicted octanol–water partition coefficient (Wildman–Crippen LogP) is 6.27. The molecule has 0 bridgehead atoms. The monoisotopic (exact) mass is 544 g/mol. The lowest BCUT2D eigenvalue weighted by Gasteiger charge is -2.21. The fraction of sp³-hybridized carbons (Fsp3) is 0.483. The maximum absolute atomic E-state index is 13.6. The van der Waals surface area contributed by atoms with Crippen molar-refractivity contribution >= 4 is 37.2 Å². The third-order valence-electron chi connectivity index (χ3n) is 6.51. The molecule has 0 fully saturated rings. The predicted molar refractivity (Wildman–Crippen MR) is 154 cm³/mol. The van der Waals surface area contributed by atoms with Gasteiger partial charge in [-0.05, 0) is 88.3 Å². The number of thiophene rings is 1. The molecule has 0 amide bonds. The fourth-order valence-electron chi connectivity index (χ4n) is 4.31. The van der Waals surface area contributed by atoms with Gasteiger partial charge in [0.2, 0.25) is 10.0 Å². The number of unbranched alkanes of at least 4 members (excludes halogenated alkanes) is 2. The molecular formula is C29H40N2O4S2. The summed E-state index contributed by atoms with van der Waals surface area (Å²) >= 11 is 1.58. The molecular weight excluding hydrogens is 504 g/mol. The van der Waals surface area contributed by atoms with Gasteiger partial charge < -0.3 is 9.64 Å². The number of rotatable bonds is 16. The number of benzene rings is 2. The average Bonchev–Trinajstić information content (AvgIpc) is 3.35. The molecule has 3 aromatic rings. The van der Waals surface area contributed by atoms with Crippen LogP contribution in [-0.2, 0) is 16.4 Å². The highest BCUT2D eigenvalue weighted by Gasteiger charge is 2.25. The zero-order valence-corrected chi connectivity index (χ0v) is 24.1. The molecule has 0 radical (unpaired) electrons. The molecule has 0 aliphatic heterocycles. The van der Waals surface area contributed by atoms with Gasteiger partial charge in [-0.15, -0.1) is 11.3 Å². The van der Waals surface area contributed by atoms with Crippen molar-refractivity contribution in [2.45, 2.75) is 64.2 Å². The van der Waals surface area contributed by atoms with Crippen LogP contribution >= 0.6 is 11.3 Å². The normalized spacial score (nSPS) is 11.9. The maximum atomic E-state index is 13.6. The van der Waals surface area contributed by atoms with Gasteiger partial charge in [-0.25, -0.2) is 13.1 Å². The summed E-state index contributed by atoms with van der Waals surface area (Å²) in [6.07, 6.45) is 6.61. The topological polar surface area (TPSA) is 75.7 Å². The fourth-order valence-corrected chi connectivity index (χ4v) is 6.26. The molecule has 3 rings (SSSR count). The molecule has 37 heavy (non-hydrogen) atoms. The number of sulfonamides is 1. The first-order valence-corrected chi connectivity index (χ1v) is 15.6. The number of carbonyl (C=O) groups excluding carboxylic acids is 1. The second-order valence-corrected chi connectivity index (χ2v) is 12.3. The van der Waals surface area contributed by atoms with E-state index in [-0.39, 0.29) is 16.2 Å². The number of nitrogens with one attached hydrogen (secondary N) is 1. The van der Waals surface area contributed by atoms with Crippen LogP contribution in [0.4, 0.5) is 0 Å². The number of nitrogens with zero attached hydrogens (tertiary/aromatic N) is 1. The first-order valence-electron chi connectivity index (χ1n) is 13.3. The lowest BCUT2D eigenvalue weighted by Crippen LogP contribution is -2.28. The summed E-state index contributed by atoms with van der Waals surface area (Å²) in [4.78, 5) is 17.3. The van der Waals surface area contributed by atoms with E-state index in [1.165, 1.54) is 38.8 Å². The molecule has 0 atom stereocenters. The minimum Gasteiger partial charge on any atom is -0.494 e. The van der Waals surface area contributed by atoms with Crippen molar-refractivity contribution in [1.29, 1.82) is 0 Å². The lowest BCUT2D eigenvalue weighted by atomic mass is 10.00.